The second-order valence-corrected chi connectivity index (χ2v) is 7.38. The van der Waals surface area contributed by atoms with E-state index < -0.39 is 0 Å². The van der Waals surface area contributed by atoms with Gasteiger partial charge in [-0.2, -0.15) is 0 Å². The zero-order valence-electron chi connectivity index (χ0n) is 16.7. The van der Waals surface area contributed by atoms with Crippen LogP contribution in [0.5, 0.6) is 17.2 Å². The molecule has 154 valence electrons. The number of fused-ring (bicyclic) bond motifs is 1. The Morgan fingerprint density at radius 2 is 1.87 bits per heavy atom. The molecule has 4 aromatic rings. The molecule has 30 heavy (non-hydrogen) atoms. The van der Waals surface area contributed by atoms with Gasteiger partial charge in [0, 0.05) is 5.56 Å². The summed E-state index contributed by atoms with van der Waals surface area (Å²) in [6, 6.07) is 14.3. The fraction of sp³-hybridized carbons (Fsp3) is 0.182. The number of benzene rings is 2. The maximum atomic E-state index is 13.5. The summed E-state index contributed by atoms with van der Waals surface area (Å²) in [5, 5.41) is 0.564. The van der Waals surface area contributed by atoms with Crippen molar-refractivity contribution in [2.75, 3.05) is 26.2 Å². The standard InChI is InChI=1S/C22H20N2O5S/c1-26-15-7-8-17-20(12-15)30-22(23-17)24(13-16-5-4-10-29-16)21(25)14-6-9-18(27-2)19(11-14)28-3/h4-12H,13H2,1-3H3. The van der Waals surface area contributed by atoms with E-state index in [9.17, 15) is 4.79 Å². The number of ether oxygens (including phenoxy) is 3. The predicted octanol–water partition coefficient (Wildman–Crippen LogP) is 4.76. The average molecular weight is 424 g/mol. The first-order chi connectivity index (χ1) is 14.6. The molecule has 0 saturated carbocycles. The van der Waals surface area contributed by atoms with Gasteiger partial charge in [0.05, 0.1) is 44.4 Å². The van der Waals surface area contributed by atoms with E-state index in [1.165, 1.54) is 18.4 Å². The highest BCUT2D eigenvalue weighted by Gasteiger charge is 2.24. The van der Waals surface area contributed by atoms with Crippen LogP contribution in [0.25, 0.3) is 10.2 Å². The van der Waals surface area contributed by atoms with Crippen molar-refractivity contribution in [3.8, 4) is 17.2 Å². The van der Waals surface area contributed by atoms with E-state index >= 15 is 0 Å². The topological polar surface area (TPSA) is 74.0 Å². The first kappa shape index (κ1) is 19.8. The molecule has 0 bridgehead atoms. The summed E-state index contributed by atoms with van der Waals surface area (Å²) in [5.41, 5.74) is 1.25. The van der Waals surface area contributed by atoms with Crippen LogP contribution >= 0.6 is 11.3 Å². The number of aromatic nitrogens is 1. The van der Waals surface area contributed by atoms with Crippen molar-refractivity contribution in [2.24, 2.45) is 0 Å². The third-order valence-electron chi connectivity index (χ3n) is 4.58. The third-order valence-corrected chi connectivity index (χ3v) is 5.63. The summed E-state index contributed by atoms with van der Waals surface area (Å²) in [5.74, 6) is 2.20. The third kappa shape index (κ3) is 3.81. The SMILES string of the molecule is COc1ccc2nc(N(Cc3ccco3)C(=O)c3ccc(OC)c(OC)c3)sc2c1. The van der Waals surface area contributed by atoms with E-state index in [2.05, 4.69) is 4.98 Å². The lowest BCUT2D eigenvalue weighted by molar-refractivity contribution is 0.0983. The molecular formula is C22H20N2O5S. The van der Waals surface area contributed by atoms with Crippen molar-refractivity contribution in [3.63, 3.8) is 0 Å². The van der Waals surface area contributed by atoms with Crippen LogP contribution in [0.15, 0.2) is 59.2 Å². The van der Waals surface area contributed by atoms with E-state index in [1.807, 2.05) is 24.3 Å². The maximum absolute atomic E-state index is 13.5. The van der Waals surface area contributed by atoms with Gasteiger partial charge >= 0.3 is 0 Å². The van der Waals surface area contributed by atoms with Crippen molar-refractivity contribution in [1.29, 1.82) is 0 Å². The van der Waals surface area contributed by atoms with Crippen molar-refractivity contribution in [2.45, 2.75) is 6.54 Å². The molecule has 0 saturated heterocycles. The highest BCUT2D eigenvalue weighted by molar-refractivity contribution is 7.22. The Bertz CT molecular complexity index is 1170. The summed E-state index contributed by atoms with van der Waals surface area (Å²) in [6.07, 6.45) is 1.58. The molecule has 0 aliphatic heterocycles. The minimum absolute atomic E-state index is 0.224. The van der Waals surface area contributed by atoms with Gasteiger partial charge < -0.3 is 18.6 Å². The van der Waals surface area contributed by atoms with Crippen LogP contribution in [0.1, 0.15) is 16.1 Å². The zero-order chi connectivity index (χ0) is 21.1. The summed E-state index contributed by atoms with van der Waals surface area (Å²) in [7, 11) is 4.71. The molecule has 2 aromatic heterocycles. The number of hydrogen-bond donors (Lipinski definition) is 0. The molecule has 0 aliphatic rings. The van der Waals surface area contributed by atoms with Gasteiger partial charge in [0.15, 0.2) is 16.6 Å². The molecule has 7 nitrogen and oxygen atoms in total. The molecule has 2 heterocycles. The molecule has 0 radical (unpaired) electrons. The average Bonchev–Trinajstić information content (AvgIpc) is 3.45. The number of anilines is 1. The number of carbonyl (C=O) groups excluding carboxylic acids is 1. The maximum Gasteiger partial charge on any atom is 0.260 e. The lowest BCUT2D eigenvalue weighted by Crippen LogP contribution is -2.30. The molecule has 0 fully saturated rings. The smallest absolute Gasteiger partial charge is 0.260 e. The predicted molar refractivity (Wildman–Crippen MR) is 115 cm³/mol. The quantitative estimate of drug-likeness (QED) is 0.426. The van der Waals surface area contributed by atoms with E-state index in [0.717, 1.165) is 16.0 Å². The molecule has 0 unspecified atom stereocenters. The summed E-state index contributed by atoms with van der Waals surface area (Å²) in [6.45, 7) is 0.247. The Labute approximate surface area is 177 Å². The van der Waals surface area contributed by atoms with Crippen LogP contribution in [-0.4, -0.2) is 32.2 Å². The molecule has 8 heteroatoms. The Morgan fingerprint density at radius 3 is 2.57 bits per heavy atom. The molecule has 0 aliphatic carbocycles. The van der Waals surface area contributed by atoms with E-state index in [-0.39, 0.29) is 12.5 Å². The molecule has 4 rings (SSSR count). The molecule has 1 amide bonds. The molecule has 2 aromatic carbocycles. The summed E-state index contributed by atoms with van der Waals surface area (Å²) >= 11 is 1.41. The highest BCUT2D eigenvalue weighted by atomic mass is 32.1. The first-order valence-corrected chi connectivity index (χ1v) is 9.95. The van der Waals surface area contributed by atoms with Crippen molar-refractivity contribution < 1.29 is 23.4 Å². The van der Waals surface area contributed by atoms with Crippen LogP contribution < -0.4 is 19.1 Å². The number of thiazole rings is 1. The van der Waals surface area contributed by atoms with Gasteiger partial charge in [-0.05, 0) is 48.5 Å². The zero-order valence-corrected chi connectivity index (χ0v) is 17.6. The number of nitrogens with zero attached hydrogens (tertiary/aromatic N) is 2. The van der Waals surface area contributed by atoms with Gasteiger partial charge in [-0.25, -0.2) is 4.98 Å². The number of amides is 1. The molecular weight excluding hydrogens is 404 g/mol. The van der Waals surface area contributed by atoms with Gasteiger partial charge in [0.2, 0.25) is 0 Å². The van der Waals surface area contributed by atoms with E-state index in [4.69, 9.17) is 18.6 Å². The summed E-state index contributed by atoms with van der Waals surface area (Å²) in [4.78, 5) is 19.7. The van der Waals surface area contributed by atoms with Crippen molar-refractivity contribution in [3.05, 3.63) is 66.1 Å². The molecule has 0 N–H and O–H groups in total. The van der Waals surface area contributed by atoms with Gasteiger partial charge in [-0.15, -0.1) is 0 Å². The van der Waals surface area contributed by atoms with Gasteiger partial charge in [-0.1, -0.05) is 11.3 Å². The Morgan fingerprint density at radius 1 is 1.03 bits per heavy atom. The van der Waals surface area contributed by atoms with Crippen LogP contribution in [0.2, 0.25) is 0 Å². The lowest BCUT2D eigenvalue weighted by Gasteiger charge is -2.19. The van der Waals surface area contributed by atoms with Crippen LogP contribution in [-0.2, 0) is 6.54 Å². The second-order valence-electron chi connectivity index (χ2n) is 6.37. The molecule has 0 spiro atoms. The van der Waals surface area contributed by atoms with Crippen LogP contribution in [0, 0.1) is 0 Å². The normalized spacial score (nSPS) is 10.8. The second kappa shape index (κ2) is 8.46. The lowest BCUT2D eigenvalue weighted by atomic mass is 10.1. The summed E-state index contributed by atoms with van der Waals surface area (Å²) < 4.78 is 22.3. The fourth-order valence-electron chi connectivity index (χ4n) is 3.04. The number of hydrogen-bond acceptors (Lipinski definition) is 7. The van der Waals surface area contributed by atoms with Crippen molar-refractivity contribution >= 4 is 32.6 Å². The van der Waals surface area contributed by atoms with Crippen molar-refractivity contribution in [1.82, 2.24) is 4.98 Å². The van der Waals surface area contributed by atoms with Gasteiger partial charge in [0.1, 0.15) is 11.5 Å². The van der Waals surface area contributed by atoms with Crippen LogP contribution in [0.3, 0.4) is 0 Å². The van der Waals surface area contributed by atoms with Gasteiger partial charge in [0.25, 0.3) is 5.91 Å². The number of rotatable bonds is 7. The Kier molecular flexibility index (Phi) is 5.58. The Hall–Kier alpha value is -3.52. The van der Waals surface area contributed by atoms with Gasteiger partial charge in [-0.3, -0.25) is 9.69 Å². The minimum Gasteiger partial charge on any atom is -0.497 e. The van der Waals surface area contributed by atoms with Crippen LogP contribution in [0.4, 0.5) is 5.13 Å². The molecule has 0 atom stereocenters. The largest absolute Gasteiger partial charge is 0.497 e. The first-order valence-electron chi connectivity index (χ1n) is 9.13. The fourth-order valence-corrected chi connectivity index (χ4v) is 4.04. The monoisotopic (exact) mass is 424 g/mol. The number of furan rings is 1. The minimum atomic E-state index is -0.224. The number of methoxy groups -OCH3 is 3. The Balaban J connectivity index is 1.75. The number of carbonyl (C=O) groups is 1. The van der Waals surface area contributed by atoms with E-state index in [0.29, 0.717) is 28.0 Å². The van der Waals surface area contributed by atoms with E-state index in [1.54, 1.807) is 49.6 Å². The highest BCUT2D eigenvalue weighted by Crippen LogP contribution is 2.34.